The van der Waals surface area contributed by atoms with Gasteiger partial charge in [-0.2, -0.15) is 4.31 Å². The molecule has 0 saturated carbocycles. The number of carbonyl (C=O) groups is 1. The lowest BCUT2D eigenvalue weighted by atomic mass is 9.98. The minimum absolute atomic E-state index is 0.0438. The van der Waals surface area contributed by atoms with Crippen molar-refractivity contribution < 1.29 is 13.2 Å². The summed E-state index contributed by atoms with van der Waals surface area (Å²) in [5.74, 6) is 6.20. The van der Waals surface area contributed by atoms with Crippen molar-refractivity contribution in [2.45, 2.75) is 34.2 Å². The first kappa shape index (κ1) is 31.3. The van der Waals surface area contributed by atoms with Crippen LogP contribution in [0.3, 0.4) is 0 Å². The van der Waals surface area contributed by atoms with E-state index >= 15 is 0 Å². The molecule has 42 heavy (non-hydrogen) atoms. The lowest BCUT2D eigenvalue weighted by Crippen LogP contribution is -2.50. The molecule has 2 saturated heterocycles. The second-order valence-corrected chi connectivity index (χ2v) is 12.7. The number of hydrogen-bond acceptors (Lipinski definition) is 5. The highest BCUT2D eigenvalue weighted by Crippen LogP contribution is 2.25. The summed E-state index contributed by atoms with van der Waals surface area (Å²) in [4.78, 5) is 20.4. The number of sulfonamides is 1. The summed E-state index contributed by atoms with van der Waals surface area (Å²) in [6.07, 6.45) is 6.38. The molecule has 0 aliphatic carbocycles. The van der Waals surface area contributed by atoms with Crippen LogP contribution in [-0.2, 0) is 16.6 Å². The van der Waals surface area contributed by atoms with E-state index in [2.05, 4.69) is 59.4 Å². The number of piperazine rings is 2. The van der Waals surface area contributed by atoms with Crippen molar-refractivity contribution in [3.63, 3.8) is 0 Å². The van der Waals surface area contributed by atoms with Crippen LogP contribution in [0.1, 0.15) is 46.5 Å². The molecule has 0 N–H and O–H groups in total. The Hall–Kier alpha value is -3.64. The van der Waals surface area contributed by atoms with E-state index in [9.17, 15) is 13.2 Å². The van der Waals surface area contributed by atoms with Gasteiger partial charge in [0.05, 0.1) is 10.6 Å². The lowest BCUT2D eigenvalue weighted by Gasteiger charge is -2.37. The zero-order valence-corrected chi connectivity index (χ0v) is 26.1. The summed E-state index contributed by atoms with van der Waals surface area (Å²) in [7, 11) is -3.65. The maximum absolute atomic E-state index is 13.6. The summed E-state index contributed by atoms with van der Waals surface area (Å²) in [5.41, 5.74) is 6.22. The van der Waals surface area contributed by atoms with Gasteiger partial charge in [-0.05, 0) is 74.7 Å². The predicted molar refractivity (Wildman–Crippen MR) is 172 cm³/mol. The fourth-order valence-corrected chi connectivity index (χ4v) is 6.98. The number of allylic oxidation sites excluding steroid dienone is 4. The van der Waals surface area contributed by atoms with Crippen molar-refractivity contribution in [1.29, 1.82) is 0 Å². The van der Waals surface area contributed by atoms with E-state index in [1.54, 1.807) is 23.1 Å². The zero-order chi connectivity index (χ0) is 30.3. The fraction of sp³-hybridized carbons (Fsp3) is 0.382. The molecule has 2 aromatic rings. The van der Waals surface area contributed by atoms with Crippen LogP contribution in [0.15, 0.2) is 72.2 Å². The Balaban J connectivity index is 1.41. The van der Waals surface area contributed by atoms with E-state index in [0.717, 1.165) is 49.4 Å². The Morgan fingerprint density at radius 2 is 1.67 bits per heavy atom. The SMILES string of the molecule is C=C/C(=C\C=C/C)S(=O)(=O)N1CCN(C(=O)c2cc(CN3CCN(c4ccccc4C#CC)CC3)c(C)cc2C)CC1. The first-order chi connectivity index (χ1) is 20.2. The van der Waals surface area contributed by atoms with Crippen LogP contribution in [0, 0.1) is 25.7 Å². The first-order valence-corrected chi connectivity index (χ1v) is 16.0. The van der Waals surface area contributed by atoms with Crippen molar-refractivity contribution in [3.8, 4) is 11.8 Å². The number of amides is 1. The molecule has 0 spiro atoms. The molecule has 0 radical (unpaired) electrons. The third-order valence-corrected chi connectivity index (χ3v) is 9.95. The second-order valence-electron chi connectivity index (χ2n) is 10.7. The first-order valence-electron chi connectivity index (χ1n) is 14.5. The highest BCUT2D eigenvalue weighted by molar-refractivity contribution is 7.93. The molecular formula is C34H42N4O3S. The predicted octanol–water partition coefficient (Wildman–Crippen LogP) is 4.73. The van der Waals surface area contributed by atoms with Crippen LogP contribution in [0.2, 0.25) is 0 Å². The van der Waals surface area contributed by atoms with Gasteiger partial charge < -0.3 is 9.80 Å². The van der Waals surface area contributed by atoms with Crippen LogP contribution in [0.4, 0.5) is 5.69 Å². The summed E-state index contributed by atoms with van der Waals surface area (Å²) in [6, 6.07) is 12.5. The Kier molecular flexibility index (Phi) is 10.4. The highest BCUT2D eigenvalue weighted by atomic mass is 32.2. The van der Waals surface area contributed by atoms with E-state index in [1.165, 1.54) is 21.6 Å². The molecule has 8 heteroatoms. The third kappa shape index (κ3) is 7.04. The molecule has 0 unspecified atom stereocenters. The topological polar surface area (TPSA) is 64.2 Å². The Labute approximate surface area is 251 Å². The maximum atomic E-state index is 13.6. The molecule has 7 nitrogen and oxygen atoms in total. The van der Waals surface area contributed by atoms with Gasteiger partial charge in [0.15, 0.2) is 0 Å². The van der Waals surface area contributed by atoms with Gasteiger partial charge in [-0.3, -0.25) is 9.69 Å². The molecule has 0 bridgehead atoms. The largest absolute Gasteiger partial charge is 0.368 e. The Morgan fingerprint density at radius 1 is 0.976 bits per heavy atom. The standard InChI is InChI=1S/C34H42N4O3S/c1-6-9-14-31(8-3)42(40,41)38-22-20-37(21-23-38)34(39)32-25-30(27(4)24-28(32)5)26-35-16-18-36(19-17-35)33-15-11-10-13-29(33)12-7-2/h6,8-11,13-15,24-25H,3,16-23,26H2,1-2,4-5H3/b9-6-,31-14+. The smallest absolute Gasteiger partial charge is 0.254 e. The minimum atomic E-state index is -3.65. The summed E-state index contributed by atoms with van der Waals surface area (Å²) < 4.78 is 27.6. The van der Waals surface area contributed by atoms with E-state index in [0.29, 0.717) is 18.7 Å². The second kappa shape index (κ2) is 14.0. The molecule has 1 amide bonds. The minimum Gasteiger partial charge on any atom is -0.368 e. The number of nitrogens with zero attached hydrogens (tertiary/aromatic N) is 4. The van der Waals surface area contributed by atoms with Crippen molar-refractivity contribution in [2.75, 3.05) is 57.3 Å². The normalized spacial score (nSPS) is 17.3. The van der Waals surface area contributed by atoms with Gasteiger partial charge in [-0.1, -0.05) is 42.9 Å². The molecule has 0 atom stereocenters. The van der Waals surface area contributed by atoms with Gasteiger partial charge in [-0.25, -0.2) is 8.42 Å². The van der Waals surface area contributed by atoms with Gasteiger partial charge in [0, 0.05) is 70.0 Å². The van der Waals surface area contributed by atoms with Crippen molar-refractivity contribution in [1.82, 2.24) is 14.1 Å². The van der Waals surface area contributed by atoms with Crippen LogP contribution in [0.5, 0.6) is 0 Å². The molecule has 0 aromatic heterocycles. The monoisotopic (exact) mass is 586 g/mol. The molecule has 2 aromatic carbocycles. The number of para-hydroxylation sites is 1. The quantitative estimate of drug-likeness (QED) is 0.331. The maximum Gasteiger partial charge on any atom is 0.254 e. The molecule has 2 fully saturated rings. The van der Waals surface area contributed by atoms with E-state index in [4.69, 9.17) is 0 Å². The summed E-state index contributed by atoms with van der Waals surface area (Å²) in [5, 5.41) is 0. The van der Waals surface area contributed by atoms with Gasteiger partial charge in [0.1, 0.15) is 0 Å². The number of carbonyl (C=O) groups excluding carboxylic acids is 1. The fourth-order valence-electron chi connectivity index (χ4n) is 5.58. The van der Waals surface area contributed by atoms with Gasteiger partial charge in [-0.15, -0.1) is 5.92 Å². The Bertz CT molecular complexity index is 1530. The number of aryl methyl sites for hydroxylation is 2. The average molecular weight is 587 g/mol. The van der Waals surface area contributed by atoms with Crippen LogP contribution in [0.25, 0.3) is 0 Å². The van der Waals surface area contributed by atoms with Crippen molar-refractivity contribution >= 4 is 21.6 Å². The summed E-state index contributed by atoms with van der Waals surface area (Å²) in [6.45, 7) is 17.1. The molecule has 4 rings (SSSR count). The van der Waals surface area contributed by atoms with Crippen LogP contribution in [-0.4, -0.2) is 80.8 Å². The lowest BCUT2D eigenvalue weighted by molar-refractivity contribution is 0.0697. The van der Waals surface area contributed by atoms with Gasteiger partial charge >= 0.3 is 0 Å². The third-order valence-electron chi connectivity index (χ3n) is 8.00. The van der Waals surface area contributed by atoms with E-state index < -0.39 is 10.0 Å². The van der Waals surface area contributed by atoms with Crippen LogP contribution < -0.4 is 4.90 Å². The number of hydrogen-bond donors (Lipinski definition) is 0. The Morgan fingerprint density at radius 3 is 2.31 bits per heavy atom. The highest BCUT2D eigenvalue weighted by Gasteiger charge is 2.31. The molecule has 2 aliphatic heterocycles. The average Bonchev–Trinajstić information content (AvgIpc) is 2.99. The zero-order valence-electron chi connectivity index (χ0n) is 25.3. The number of benzene rings is 2. The summed E-state index contributed by atoms with van der Waals surface area (Å²) >= 11 is 0. The number of rotatable bonds is 8. The van der Waals surface area contributed by atoms with Crippen molar-refractivity contribution in [3.05, 3.63) is 100 Å². The number of anilines is 1. The van der Waals surface area contributed by atoms with Crippen LogP contribution >= 0.6 is 0 Å². The molecule has 222 valence electrons. The van der Waals surface area contributed by atoms with Crippen molar-refractivity contribution in [2.24, 2.45) is 0 Å². The molecular weight excluding hydrogens is 544 g/mol. The van der Waals surface area contributed by atoms with Gasteiger partial charge in [0.25, 0.3) is 5.91 Å². The van der Waals surface area contributed by atoms with E-state index in [1.807, 2.05) is 32.9 Å². The van der Waals surface area contributed by atoms with Gasteiger partial charge in [0.2, 0.25) is 10.0 Å². The molecule has 2 heterocycles. The molecule has 2 aliphatic rings. The van der Waals surface area contributed by atoms with E-state index in [-0.39, 0.29) is 23.9 Å².